The third kappa shape index (κ3) is 3.13. The summed E-state index contributed by atoms with van der Waals surface area (Å²) in [4.78, 5) is 0. The van der Waals surface area contributed by atoms with Crippen LogP contribution in [0.4, 0.5) is 0 Å². The Labute approximate surface area is 220 Å². The monoisotopic (exact) mass is 486 g/mol. The zero-order chi connectivity index (χ0) is 26.0. The normalized spacial score (nSPS) is 13.2. The van der Waals surface area contributed by atoms with Crippen molar-refractivity contribution in [1.29, 1.82) is 10.5 Å². The minimum atomic E-state index is -0.227. The fourth-order valence-electron chi connectivity index (χ4n) is 6.03. The lowest BCUT2D eigenvalue weighted by molar-refractivity contribution is 0.620. The van der Waals surface area contributed by atoms with Gasteiger partial charge in [-0.25, -0.2) is 0 Å². The van der Waals surface area contributed by atoms with Crippen LogP contribution in [0.2, 0.25) is 0 Å². The van der Waals surface area contributed by atoms with Crippen molar-refractivity contribution in [3.63, 3.8) is 0 Å². The van der Waals surface area contributed by atoms with E-state index in [1.165, 1.54) is 22.3 Å². The molecule has 0 spiro atoms. The number of rotatable bonds is 2. The van der Waals surface area contributed by atoms with Gasteiger partial charge in [0, 0.05) is 21.8 Å². The Morgan fingerprint density at radius 3 is 1.92 bits per heavy atom. The smallest absolute Gasteiger partial charge is 0.140 e. The second-order valence-electron chi connectivity index (χ2n) is 10.4. The maximum absolute atomic E-state index is 9.36. The van der Waals surface area contributed by atoms with Gasteiger partial charge in [-0.1, -0.05) is 62.4 Å². The van der Waals surface area contributed by atoms with Crippen LogP contribution < -0.4 is 0 Å². The van der Waals surface area contributed by atoms with Gasteiger partial charge in [0.1, 0.15) is 11.2 Å². The SMILES string of the molecule is CC1(C)c2ccc(-c3cccc(C#N)c3)cc2-c2ccc3c(oc4ccc(-c5cccc(C#N)c5)cc43)c21. The van der Waals surface area contributed by atoms with Gasteiger partial charge in [0.25, 0.3) is 0 Å². The Hall–Kier alpha value is -5.12. The fraction of sp³-hybridized carbons (Fsp3) is 0.0857. The first-order valence-electron chi connectivity index (χ1n) is 12.6. The summed E-state index contributed by atoms with van der Waals surface area (Å²) in [5, 5.41) is 20.9. The topological polar surface area (TPSA) is 60.7 Å². The molecule has 0 unspecified atom stereocenters. The molecule has 0 aliphatic heterocycles. The van der Waals surface area contributed by atoms with E-state index in [2.05, 4.69) is 74.5 Å². The van der Waals surface area contributed by atoms with Gasteiger partial charge < -0.3 is 4.42 Å². The highest BCUT2D eigenvalue weighted by Crippen LogP contribution is 2.53. The molecule has 0 bridgehead atoms. The van der Waals surface area contributed by atoms with Crippen LogP contribution in [-0.2, 0) is 5.41 Å². The first kappa shape index (κ1) is 22.1. The van der Waals surface area contributed by atoms with Crippen molar-refractivity contribution >= 4 is 21.9 Å². The molecule has 0 saturated carbocycles. The molecule has 0 fully saturated rings. The molecule has 6 aromatic rings. The lowest BCUT2D eigenvalue weighted by atomic mass is 9.81. The zero-order valence-electron chi connectivity index (χ0n) is 21.0. The van der Waals surface area contributed by atoms with E-state index in [1.807, 2.05) is 48.5 Å². The van der Waals surface area contributed by atoms with Crippen LogP contribution >= 0.6 is 0 Å². The number of hydrogen-bond acceptors (Lipinski definition) is 3. The largest absolute Gasteiger partial charge is 0.456 e. The molecule has 1 aliphatic carbocycles. The Bertz CT molecular complexity index is 2030. The van der Waals surface area contributed by atoms with E-state index < -0.39 is 0 Å². The maximum atomic E-state index is 9.36. The molecular formula is C35H22N2O. The molecule has 1 aromatic heterocycles. The van der Waals surface area contributed by atoms with Crippen molar-refractivity contribution in [3.8, 4) is 45.5 Å². The summed E-state index contributed by atoms with van der Waals surface area (Å²) < 4.78 is 6.55. The van der Waals surface area contributed by atoms with Crippen molar-refractivity contribution in [2.75, 3.05) is 0 Å². The highest BCUT2D eigenvalue weighted by molar-refractivity contribution is 6.10. The summed E-state index contributed by atoms with van der Waals surface area (Å²) in [5.74, 6) is 0. The molecule has 38 heavy (non-hydrogen) atoms. The van der Waals surface area contributed by atoms with Crippen LogP contribution in [0, 0.1) is 22.7 Å². The number of fused-ring (bicyclic) bond motifs is 7. The minimum Gasteiger partial charge on any atom is -0.456 e. The van der Waals surface area contributed by atoms with Crippen LogP contribution in [0.15, 0.2) is 101 Å². The quantitative estimate of drug-likeness (QED) is 0.245. The number of hydrogen-bond donors (Lipinski definition) is 0. The molecule has 5 aromatic carbocycles. The summed E-state index contributed by atoms with van der Waals surface area (Å²) in [5.41, 5.74) is 12.0. The Morgan fingerprint density at radius 1 is 0.605 bits per heavy atom. The minimum absolute atomic E-state index is 0.227. The summed E-state index contributed by atoms with van der Waals surface area (Å²) in [6.45, 7) is 4.53. The number of nitrogens with zero attached hydrogens (tertiary/aromatic N) is 2. The Kier molecular flexibility index (Phi) is 4.62. The van der Waals surface area contributed by atoms with Crippen molar-refractivity contribution in [1.82, 2.24) is 0 Å². The third-order valence-electron chi connectivity index (χ3n) is 7.90. The van der Waals surface area contributed by atoms with E-state index >= 15 is 0 Å². The highest BCUT2D eigenvalue weighted by Gasteiger charge is 2.38. The van der Waals surface area contributed by atoms with Crippen LogP contribution in [0.5, 0.6) is 0 Å². The summed E-state index contributed by atoms with van der Waals surface area (Å²) >= 11 is 0. The second-order valence-corrected chi connectivity index (χ2v) is 10.4. The van der Waals surface area contributed by atoms with E-state index in [-0.39, 0.29) is 5.41 Å². The van der Waals surface area contributed by atoms with Gasteiger partial charge in [-0.2, -0.15) is 10.5 Å². The Balaban J connectivity index is 1.41. The van der Waals surface area contributed by atoms with Gasteiger partial charge in [-0.3, -0.25) is 0 Å². The van der Waals surface area contributed by atoms with Gasteiger partial charge in [-0.05, 0) is 87.5 Å². The number of nitriles is 2. The third-order valence-corrected chi connectivity index (χ3v) is 7.90. The molecule has 3 nitrogen and oxygen atoms in total. The van der Waals surface area contributed by atoms with Gasteiger partial charge in [0.15, 0.2) is 0 Å². The first-order valence-corrected chi connectivity index (χ1v) is 12.6. The van der Waals surface area contributed by atoms with Gasteiger partial charge in [-0.15, -0.1) is 0 Å². The van der Waals surface area contributed by atoms with Gasteiger partial charge >= 0.3 is 0 Å². The van der Waals surface area contributed by atoms with Crippen molar-refractivity contribution in [3.05, 3.63) is 119 Å². The van der Waals surface area contributed by atoms with Crippen LogP contribution in [-0.4, -0.2) is 0 Å². The van der Waals surface area contributed by atoms with Gasteiger partial charge in [0.05, 0.1) is 23.3 Å². The molecular weight excluding hydrogens is 464 g/mol. The molecule has 7 rings (SSSR count). The molecule has 1 aliphatic rings. The number of furan rings is 1. The van der Waals surface area contributed by atoms with E-state index in [0.717, 1.165) is 44.2 Å². The summed E-state index contributed by atoms with van der Waals surface area (Å²) in [6.07, 6.45) is 0. The van der Waals surface area contributed by atoms with E-state index in [4.69, 9.17) is 4.42 Å². The second kappa shape index (κ2) is 7.94. The lowest BCUT2D eigenvalue weighted by Gasteiger charge is -2.21. The number of benzene rings is 5. The molecule has 178 valence electrons. The van der Waals surface area contributed by atoms with Crippen LogP contribution in [0.3, 0.4) is 0 Å². The van der Waals surface area contributed by atoms with Crippen LogP contribution in [0.25, 0.3) is 55.3 Å². The molecule has 0 saturated heterocycles. The summed E-state index contributed by atoms with van der Waals surface area (Å²) in [7, 11) is 0. The summed E-state index contributed by atoms with van der Waals surface area (Å²) in [6, 6.07) is 37.2. The molecule has 0 radical (unpaired) electrons. The highest BCUT2D eigenvalue weighted by atomic mass is 16.3. The predicted octanol–water partition coefficient (Wildman–Crippen LogP) is 8.97. The van der Waals surface area contributed by atoms with Gasteiger partial charge in [0.2, 0.25) is 0 Å². The molecule has 0 amide bonds. The maximum Gasteiger partial charge on any atom is 0.140 e. The van der Waals surface area contributed by atoms with Crippen molar-refractivity contribution in [2.24, 2.45) is 0 Å². The van der Waals surface area contributed by atoms with Crippen LogP contribution in [0.1, 0.15) is 36.1 Å². The van der Waals surface area contributed by atoms with E-state index in [1.54, 1.807) is 0 Å². The van der Waals surface area contributed by atoms with E-state index in [9.17, 15) is 10.5 Å². The Morgan fingerprint density at radius 2 is 1.24 bits per heavy atom. The molecule has 0 atom stereocenters. The first-order chi connectivity index (χ1) is 18.5. The average Bonchev–Trinajstić information content (AvgIpc) is 3.44. The zero-order valence-corrected chi connectivity index (χ0v) is 21.0. The predicted molar refractivity (Wildman–Crippen MR) is 152 cm³/mol. The van der Waals surface area contributed by atoms with E-state index in [0.29, 0.717) is 11.1 Å². The molecule has 0 N–H and O–H groups in total. The fourth-order valence-corrected chi connectivity index (χ4v) is 6.03. The van der Waals surface area contributed by atoms with Crippen molar-refractivity contribution < 1.29 is 4.42 Å². The lowest BCUT2D eigenvalue weighted by Crippen LogP contribution is -2.15. The molecule has 3 heteroatoms. The van der Waals surface area contributed by atoms with Crippen molar-refractivity contribution in [2.45, 2.75) is 19.3 Å². The standard InChI is InChI=1S/C35H22N2O/c1-35(2)31-13-9-25(23-7-3-5-21(15-23)19-36)17-29(31)27-11-12-28-30-18-26(24-8-4-6-22(16-24)20-37)10-14-32(30)38-34(28)33(27)35/h3-18H,1-2H3. The molecule has 1 heterocycles. The average molecular weight is 487 g/mol.